The van der Waals surface area contributed by atoms with E-state index in [1.807, 2.05) is 0 Å². The number of nitrogens with one attached hydrogen (secondary N) is 1. The number of hydrogen-bond acceptors (Lipinski definition) is 3. The second-order valence-electron chi connectivity index (χ2n) is 7.80. The molecular weight excluding hydrogens is 539 g/mol. The fourth-order valence-electron chi connectivity index (χ4n) is 3.62. The van der Waals surface area contributed by atoms with Crippen molar-refractivity contribution in [1.29, 1.82) is 0 Å². The zero-order valence-electron chi connectivity index (χ0n) is 17.5. The van der Waals surface area contributed by atoms with Gasteiger partial charge in [0, 0.05) is 17.6 Å². The third-order valence-electron chi connectivity index (χ3n) is 5.45. The number of benzene rings is 2. The Morgan fingerprint density at radius 3 is 2.50 bits per heavy atom. The highest BCUT2D eigenvalue weighted by Crippen LogP contribution is 2.28. The first-order valence-electron chi connectivity index (χ1n) is 10.4. The average molecular weight is 563 g/mol. The van der Waals surface area contributed by atoms with Crippen molar-refractivity contribution in [2.75, 3.05) is 6.61 Å². The van der Waals surface area contributed by atoms with Crippen LogP contribution in [-0.4, -0.2) is 35.4 Å². The molecule has 2 aromatic rings. The SMILES string of the molecule is C[C@@H](C(=O)NC1CCCC1)N(Cc1ccc(Cl)c(Cl)c1)C(=O)COc1ccc(Cl)cc1Br. The van der Waals surface area contributed by atoms with Crippen LogP contribution in [0.25, 0.3) is 0 Å². The van der Waals surface area contributed by atoms with E-state index < -0.39 is 6.04 Å². The minimum atomic E-state index is -0.685. The van der Waals surface area contributed by atoms with Crippen molar-refractivity contribution in [3.63, 3.8) is 0 Å². The molecule has 5 nitrogen and oxygen atoms in total. The second kappa shape index (κ2) is 11.6. The molecule has 32 heavy (non-hydrogen) atoms. The van der Waals surface area contributed by atoms with Crippen molar-refractivity contribution in [3.05, 3.63) is 61.5 Å². The van der Waals surface area contributed by atoms with Crippen LogP contribution in [0.3, 0.4) is 0 Å². The minimum Gasteiger partial charge on any atom is -0.483 e. The van der Waals surface area contributed by atoms with Crippen LogP contribution in [0, 0.1) is 0 Å². The Morgan fingerprint density at radius 1 is 1.12 bits per heavy atom. The van der Waals surface area contributed by atoms with E-state index in [1.165, 1.54) is 4.90 Å². The minimum absolute atomic E-state index is 0.160. The number of ether oxygens (including phenoxy) is 1. The van der Waals surface area contributed by atoms with E-state index in [4.69, 9.17) is 39.5 Å². The molecule has 2 amide bonds. The molecule has 0 unspecified atom stereocenters. The lowest BCUT2D eigenvalue weighted by Gasteiger charge is -2.29. The molecule has 0 radical (unpaired) electrons. The summed E-state index contributed by atoms with van der Waals surface area (Å²) in [7, 11) is 0. The molecule has 1 fully saturated rings. The maximum atomic E-state index is 13.2. The van der Waals surface area contributed by atoms with Gasteiger partial charge in [0.25, 0.3) is 5.91 Å². The van der Waals surface area contributed by atoms with Crippen LogP contribution < -0.4 is 10.1 Å². The Bertz CT molecular complexity index is 983. The number of halogens is 4. The molecular formula is C23H24BrCl3N2O3. The summed E-state index contributed by atoms with van der Waals surface area (Å²) >= 11 is 21.5. The van der Waals surface area contributed by atoms with Gasteiger partial charge < -0.3 is 15.0 Å². The van der Waals surface area contributed by atoms with Gasteiger partial charge in [-0.3, -0.25) is 9.59 Å². The zero-order valence-corrected chi connectivity index (χ0v) is 21.4. The average Bonchev–Trinajstić information content (AvgIpc) is 3.26. The molecule has 0 saturated heterocycles. The second-order valence-corrected chi connectivity index (χ2v) is 9.90. The normalized spacial score (nSPS) is 14.8. The number of carbonyl (C=O) groups is 2. The Labute approximate surface area is 211 Å². The van der Waals surface area contributed by atoms with E-state index in [-0.39, 0.29) is 31.0 Å². The number of hydrogen-bond donors (Lipinski definition) is 1. The summed E-state index contributed by atoms with van der Waals surface area (Å²) in [6.07, 6.45) is 4.14. The number of carbonyl (C=O) groups excluding carboxylic acids is 2. The van der Waals surface area contributed by atoms with E-state index in [0.717, 1.165) is 31.2 Å². The quantitative estimate of drug-likeness (QED) is 0.413. The third-order valence-corrected chi connectivity index (χ3v) is 7.04. The smallest absolute Gasteiger partial charge is 0.261 e. The van der Waals surface area contributed by atoms with Gasteiger partial charge in [0.15, 0.2) is 6.61 Å². The van der Waals surface area contributed by atoms with Crippen molar-refractivity contribution in [1.82, 2.24) is 10.2 Å². The Kier molecular flexibility index (Phi) is 9.12. The van der Waals surface area contributed by atoms with E-state index in [2.05, 4.69) is 21.2 Å². The van der Waals surface area contributed by atoms with Crippen molar-refractivity contribution in [2.24, 2.45) is 0 Å². The molecule has 2 aromatic carbocycles. The first kappa shape index (κ1) is 25.2. The van der Waals surface area contributed by atoms with Gasteiger partial charge in [0.2, 0.25) is 5.91 Å². The number of nitrogens with zero attached hydrogens (tertiary/aromatic N) is 1. The summed E-state index contributed by atoms with van der Waals surface area (Å²) in [5.41, 5.74) is 0.765. The van der Waals surface area contributed by atoms with Crippen molar-refractivity contribution >= 4 is 62.5 Å². The predicted molar refractivity (Wildman–Crippen MR) is 132 cm³/mol. The van der Waals surface area contributed by atoms with Gasteiger partial charge in [0.1, 0.15) is 11.8 Å². The van der Waals surface area contributed by atoms with E-state index in [1.54, 1.807) is 43.3 Å². The molecule has 0 aromatic heterocycles. The summed E-state index contributed by atoms with van der Waals surface area (Å²) in [5.74, 6) is -0.0229. The summed E-state index contributed by atoms with van der Waals surface area (Å²) < 4.78 is 6.34. The summed E-state index contributed by atoms with van der Waals surface area (Å²) in [4.78, 5) is 27.6. The van der Waals surface area contributed by atoms with E-state index in [0.29, 0.717) is 25.3 Å². The molecule has 1 N–H and O–H groups in total. The molecule has 172 valence electrons. The molecule has 1 aliphatic rings. The highest BCUT2D eigenvalue weighted by Gasteiger charge is 2.29. The van der Waals surface area contributed by atoms with Crippen LogP contribution in [-0.2, 0) is 16.1 Å². The van der Waals surface area contributed by atoms with Crippen LogP contribution in [0.4, 0.5) is 0 Å². The van der Waals surface area contributed by atoms with Gasteiger partial charge in [-0.1, -0.05) is 53.7 Å². The van der Waals surface area contributed by atoms with Gasteiger partial charge in [0.05, 0.1) is 14.5 Å². The molecule has 1 aliphatic carbocycles. The standard InChI is InChI=1S/C23H24BrCl3N2O3/c1-14(23(31)28-17-4-2-3-5-17)29(12-15-6-8-19(26)20(27)10-15)22(30)13-32-21-9-7-16(25)11-18(21)24/h6-11,14,17H,2-5,12-13H2,1H3,(H,28,31)/t14-/m0/s1. The van der Waals surface area contributed by atoms with Crippen LogP contribution >= 0.6 is 50.7 Å². The lowest BCUT2D eigenvalue weighted by atomic mass is 10.1. The van der Waals surface area contributed by atoms with Crippen LogP contribution in [0.15, 0.2) is 40.9 Å². The predicted octanol–water partition coefficient (Wildman–Crippen LogP) is 6.26. The third kappa shape index (κ3) is 6.77. The number of rotatable bonds is 8. The first-order chi connectivity index (χ1) is 15.2. The lowest BCUT2D eigenvalue weighted by molar-refractivity contribution is -0.142. The molecule has 9 heteroatoms. The molecule has 1 atom stereocenters. The summed E-state index contributed by atoms with van der Waals surface area (Å²) in [6.45, 7) is 1.68. The topological polar surface area (TPSA) is 58.6 Å². The number of amides is 2. The fraction of sp³-hybridized carbons (Fsp3) is 0.391. The van der Waals surface area contributed by atoms with Gasteiger partial charge in [-0.15, -0.1) is 0 Å². The summed E-state index contributed by atoms with van der Waals surface area (Å²) in [6, 6.07) is 9.67. The largest absolute Gasteiger partial charge is 0.483 e. The monoisotopic (exact) mass is 560 g/mol. The Morgan fingerprint density at radius 2 is 1.84 bits per heavy atom. The van der Waals surface area contributed by atoms with Crippen molar-refractivity contribution < 1.29 is 14.3 Å². The molecule has 0 heterocycles. The van der Waals surface area contributed by atoms with Crippen LogP contribution in [0.2, 0.25) is 15.1 Å². The van der Waals surface area contributed by atoms with Crippen LogP contribution in [0.5, 0.6) is 5.75 Å². The highest BCUT2D eigenvalue weighted by molar-refractivity contribution is 9.10. The molecule has 0 bridgehead atoms. The van der Waals surface area contributed by atoms with Gasteiger partial charge in [-0.25, -0.2) is 0 Å². The van der Waals surface area contributed by atoms with Gasteiger partial charge >= 0.3 is 0 Å². The maximum absolute atomic E-state index is 13.2. The fourth-order valence-corrected chi connectivity index (χ4v) is 4.74. The molecule has 3 rings (SSSR count). The molecule has 0 aliphatic heterocycles. The summed E-state index contributed by atoms with van der Waals surface area (Å²) in [5, 5.41) is 4.43. The van der Waals surface area contributed by atoms with Crippen molar-refractivity contribution in [2.45, 2.75) is 51.2 Å². The molecule has 1 saturated carbocycles. The lowest BCUT2D eigenvalue weighted by Crippen LogP contribution is -2.50. The molecule has 0 spiro atoms. The zero-order chi connectivity index (χ0) is 23.3. The Hall–Kier alpha value is -1.47. The maximum Gasteiger partial charge on any atom is 0.261 e. The van der Waals surface area contributed by atoms with E-state index >= 15 is 0 Å². The first-order valence-corrected chi connectivity index (χ1v) is 12.3. The van der Waals surface area contributed by atoms with Crippen molar-refractivity contribution in [3.8, 4) is 5.75 Å². The highest BCUT2D eigenvalue weighted by atomic mass is 79.9. The van der Waals surface area contributed by atoms with Gasteiger partial charge in [-0.05, 0) is 71.6 Å². The van der Waals surface area contributed by atoms with Gasteiger partial charge in [-0.2, -0.15) is 0 Å². The van der Waals surface area contributed by atoms with Crippen LogP contribution in [0.1, 0.15) is 38.2 Å². The van der Waals surface area contributed by atoms with E-state index in [9.17, 15) is 9.59 Å². The Balaban J connectivity index is 1.75.